The summed E-state index contributed by atoms with van der Waals surface area (Å²) >= 11 is 0. The second-order valence-corrected chi connectivity index (χ2v) is 7.82. The third-order valence-corrected chi connectivity index (χ3v) is 5.40. The Morgan fingerprint density at radius 1 is 0.560 bits per heavy atom. The molecule has 2 nitrogen and oxygen atoms in total. The molecule has 0 spiro atoms. The van der Waals surface area contributed by atoms with Crippen molar-refractivity contribution in [1.29, 1.82) is 0 Å². The van der Waals surface area contributed by atoms with Crippen LogP contribution in [0, 0.1) is 0 Å². The molecule has 0 bridgehead atoms. The first-order valence-electron chi connectivity index (χ1n) is 11.5. The Bertz CT molecular complexity index is 230. The topological polar surface area (TPSA) is 29.5 Å². The molecule has 0 aliphatic rings. The largest absolute Gasteiger partial charge is 0.396 e. The van der Waals surface area contributed by atoms with Crippen molar-refractivity contribution in [1.82, 2.24) is 0 Å². The molecule has 1 atom stereocenters. The minimum atomic E-state index is 0.363. The summed E-state index contributed by atoms with van der Waals surface area (Å²) in [5.74, 6) is 0. The summed E-state index contributed by atoms with van der Waals surface area (Å²) in [6.07, 6.45) is 25.9. The zero-order valence-electron chi connectivity index (χ0n) is 17.6. The van der Waals surface area contributed by atoms with Gasteiger partial charge in [-0.1, -0.05) is 110 Å². The van der Waals surface area contributed by atoms with Gasteiger partial charge in [0.25, 0.3) is 0 Å². The van der Waals surface area contributed by atoms with E-state index in [1.54, 1.807) is 0 Å². The van der Waals surface area contributed by atoms with E-state index in [2.05, 4.69) is 6.92 Å². The Kier molecular flexibility index (Phi) is 21.9. The number of unbranched alkanes of at least 4 members (excludes halogenated alkanes) is 15. The number of hydrogen-bond acceptors (Lipinski definition) is 2. The minimum absolute atomic E-state index is 0.363. The number of rotatable bonds is 21. The number of aliphatic hydroxyl groups excluding tert-OH is 1. The summed E-state index contributed by atoms with van der Waals surface area (Å²) in [4.78, 5) is 0. The van der Waals surface area contributed by atoms with E-state index in [0.717, 1.165) is 6.42 Å². The summed E-state index contributed by atoms with van der Waals surface area (Å²) in [6, 6.07) is 0. The summed E-state index contributed by atoms with van der Waals surface area (Å²) in [7, 11) is 1.89. The van der Waals surface area contributed by atoms with Gasteiger partial charge in [-0.05, 0) is 19.3 Å². The molecule has 0 fully saturated rings. The molecule has 0 rings (SSSR count). The van der Waals surface area contributed by atoms with Gasteiger partial charge in [-0.15, -0.1) is 0 Å². The smallest absolute Gasteiger partial charge is 0.0571 e. The van der Waals surface area contributed by atoms with Gasteiger partial charge in [0, 0.05) is 13.7 Å². The highest BCUT2D eigenvalue weighted by atomic mass is 16.5. The standard InChI is InChI=1S/C23H48O2/c1-3-4-5-6-11-14-17-20-23(25-2)21-18-15-12-9-7-8-10-13-16-19-22-24/h23-24H,3-22H2,1-2H3. The maximum atomic E-state index is 8.74. The number of ether oxygens (including phenoxy) is 1. The molecule has 0 heterocycles. The summed E-state index contributed by atoms with van der Waals surface area (Å²) in [6.45, 7) is 2.64. The van der Waals surface area contributed by atoms with Crippen LogP contribution in [0.5, 0.6) is 0 Å². The average molecular weight is 357 g/mol. The van der Waals surface area contributed by atoms with Gasteiger partial charge in [-0.25, -0.2) is 0 Å². The van der Waals surface area contributed by atoms with E-state index >= 15 is 0 Å². The molecule has 0 aliphatic carbocycles. The molecule has 1 N–H and O–H groups in total. The van der Waals surface area contributed by atoms with Crippen LogP contribution in [0.2, 0.25) is 0 Å². The van der Waals surface area contributed by atoms with Crippen molar-refractivity contribution in [3.8, 4) is 0 Å². The van der Waals surface area contributed by atoms with Crippen LogP contribution in [0.4, 0.5) is 0 Å². The Morgan fingerprint density at radius 2 is 0.920 bits per heavy atom. The molecule has 0 saturated heterocycles. The number of aliphatic hydroxyl groups is 1. The molecule has 152 valence electrons. The first kappa shape index (κ1) is 24.9. The predicted molar refractivity (Wildman–Crippen MR) is 111 cm³/mol. The van der Waals surface area contributed by atoms with Crippen LogP contribution in [-0.4, -0.2) is 24.9 Å². The fourth-order valence-electron chi connectivity index (χ4n) is 3.61. The van der Waals surface area contributed by atoms with Gasteiger partial charge in [0.05, 0.1) is 6.10 Å². The first-order valence-corrected chi connectivity index (χ1v) is 11.5. The van der Waals surface area contributed by atoms with Crippen molar-refractivity contribution in [2.24, 2.45) is 0 Å². The van der Waals surface area contributed by atoms with Gasteiger partial charge in [0.2, 0.25) is 0 Å². The lowest BCUT2D eigenvalue weighted by Crippen LogP contribution is -2.10. The zero-order chi connectivity index (χ0) is 18.4. The van der Waals surface area contributed by atoms with E-state index in [1.165, 1.54) is 116 Å². The second-order valence-electron chi connectivity index (χ2n) is 7.82. The van der Waals surface area contributed by atoms with Crippen molar-refractivity contribution in [3.05, 3.63) is 0 Å². The summed E-state index contributed by atoms with van der Waals surface area (Å²) in [5, 5.41) is 8.74. The molecule has 2 heteroatoms. The van der Waals surface area contributed by atoms with Crippen LogP contribution < -0.4 is 0 Å². The molecule has 0 saturated carbocycles. The monoisotopic (exact) mass is 356 g/mol. The fourth-order valence-corrected chi connectivity index (χ4v) is 3.61. The first-order chi connectivity index (χ1) is 12.3. The van der Waals surface area contributed by atoms with Gasteiger partial charge in [-0.3, -0.25) is 0 Å². The molecule has 1 unspecified atom stereocenters. The van der Waals surface area contributed by atoms with Crippen molar-refractivity contribution in [3.63, 3.8) is 0 Å². The van der Waals surface area contributed by atoms with Crippen molar-refractivity contribution in [2.75, 3.05) is 13.7 Å². The third kappa shape index (κ3) is 20.1. The van der Waals surface area contributed by atoms with Gasteiger partial charge in [-0.2, -0.15) is 0 Å². The minimum Gasteiger partial charge on any atom is -0.396 e. The van der Waals surface area contributed by atoms with E-state index in [9.17, 15) is 0 Å². The van der Waals surface area contributed by atoms with Crippen LogP contribution >= 0.6 is 0 Å². The Labute approximate surface area is 159 Å². The zero-order valence-corrected chi connectivity index (χ0v) is 17.6. The number of hydrogen-bond donors (Lipinski definition) is 1. The average Bonchev–Trinajstić information content (AvgIpc) is 2.63. The van der Waals surface area contributed by atoms with E-state index in [4.69, 9.17) is 9.84 Å². The Balaban J connectivity index is 3.26. The molecule has 0 aliphatic heterocycles. The third-order valence-electron chi connectivity index (χ3n) is 5.40. The SMILES string of the molecule is CCCCCCCCCC(CCCCCCCCCCCCO)OC. The van der Waals surface area contributed by atoms with Crippen LogP contribution in [-0.2, 0) is 4.74 Å². The molecule has 0 aromatic carbocycles. The van der Waals surface area contributed by atoms with Crippen molar-refractivity contribution < 1.29 is 9.84 Å². The van der Waals surface area contributed by atoms with Gasteiger partial charge in [0.15, 0.2) is 0 Å². The van der Waals surface area contributed by atoms with Gasteiger partial charge < -0.3 is 9.84 Å². The lowest BCUT2D eigenvalue weighted by Gasteiger charge is -2.15. The maximum Gasteiger partial charge on any atom is 0.0571 e. The molecule has 25 heavy (non-hydrogen) atoms. The van der Waals surface area contributed by atoms with Crippen molar-refractivity contribution >= 4 is 0 Å². The second kappa shape index (κ2) is 22.0. The molecular weight excluding hydrogens is 308 g/mol. The molecular formula is C23H48O2. The summed E-state index contributed by atoms with van der Waals surface area (Å²) in [5.41, 5.74) is 0. The Morgan fingerprint density at radius 3 is 1.28 bits per heavy atom. The highest BCUT2D eigenvalue weighted by Gasteiger charge is 2.06. The fraction of sp³-hybridized carbons (Fsp3) is 1.00. The van der Waals surface area contributed by atoms with Crippen LogP contribution in [0.3, 0.4) is 0 Å². The lowest BCUT2D eigenvalue weighted by atomic mass is 10.0. The van der Waals surface area contributed by atoms with E-state index in [-0.39, 0.29) is 0 Å². The van der Waals surface area contributed by atoms with Crippen LogP contribution in [0.25, 0.3) is 0 Å². The van der Waals surface area contributed by atoms with Crippen molar-refractivity contribution in [2.45, 2.75) is 135 Å². The van der Waals surface area contributed by atoms with E-state index in [0.29, 0.717) is 12.7 Å². The van der Waals surface area contributed by atoms with Gasteiger partial charge in [0.1, 0.15) is 0 Å². The molecule has 0 radical (unpaired) electrons. The molecule has 0 aromatic heterocycles. The predicted octanol–water partition coefficient (Wildman–Crippen LogP) is 7.43. The van der Waals surface area contributed by atoms with Gasteiger partial charge >= 0.3 is 0 Å². The Hall–Kier alpha value is -0.0800. The van der Waals surface area contributed by atoms with Crippen LogP contribution in [0.1, 0.15) is 129 Å². The quantitative estimate of drug-likeness (QED) is 0.217. The van der Waals surface area contributed by atoms with E-state index in [1.807, 2.05) is 7.11 Å². The highest BCUT2D eigenvalue weighted by Crippen LogP contribution is 2.16. The maximum absolute atomic E-state index is 8.74. The normalized spacial score (nSPS) is 12.6. The number of methoxy groups -OCH3 is 1. The van der Waals surface area contributed by atoms with E-state index < -0.39 is 0 Å². The lowest BCUT2D eigenvalue weighted by molar-refractivity contribution is 0.0831. The highest BCUT2D eigenvalue weighted by molar-refractivity contribution is 4.59. The summed E-state index contributed by atoms with van der Waals surface area (Å²) < 4.78 is 5.67. The molecule has 0 aromatic rings. The van der Waals surface area contributed by atoms with Crippen LogP contribution in [0.15, 0.2) is 0 Å². The molecule has 0 amide bonds.